The fourth-order valence-corrected chi connectivity index (χ4v) is 4.66. The maximum atomic E-state index is 12.6. The minimum absolute atomic E-state index is 0.0831. The molecular weight excluding hydrogens is 504 g/mol. The summed E-state index contributed by atoms with van der Waals surface area (Å²) < 4.78 is 43.5. The van der Waals surface area contributed by atoms with E-state index in [-0.39, 0.29) is 27.7 Å². The Balaban J connectivity index is 1.33. The molecule has 186 valence electrons. The van der Waals surface area contributed by atoms with Gasteiger partial charge in [0.2, 0.25) is 11.8 Å². The Morgan fingerprint density at radius 1 is 0.861 bits per heavy atom. The Kier molecular flexibility index (Phi) is 7.76. The molecule has 1 heterocycles. The van der Waals surface area contributed by atoms with Gasteiger partial charge in [0.15, 0.2) is 0 Å². The zero-order chi connectivity index (χ0) is 25.5. The molecule has 0 saturated heterocycles. The highest BCUT2D eigenvalue weighted by Crippen LogP contribution is 2.26. The number of hydrogen-bond donors (Lipinski definition) is 2. The molecule has 4 rings (SSSR count). The Hall–Kier alpha value is -4.03. The topological polar surface area (TPSA) is 133 Å². The number of thioether (sulfide) groups is 1. The standard InChI is InChI=1S/C24H22N4O6S2/c1-32-19-9-7-17(8-10-19)25-22(29)15-35-24-27-26-23(34-24)16-3-5-18(6-4-16)28-36(30,31)21-13-11-20(33-2)12-14-21/h3-14,28H,15H2,1-2H3,(H,25,29). The number of aromatic nitrogens is 2. The van der Waals surface area contributed by atoms with Crippen LogP contribution in [-0.4, -0.2) is 44.5 Å². The van der Waals surface area contributed by atoms with Gasteiger partial charge < -0.3 is 19.2 Å². The SMILES string of the molecule is COc1ccc(NC(=O)CSc2nnc(-c3ccc(NS(=O)(=O)c4ccc(OC)cc4)cc3)o2)cc1. The minimum atomic E-state index is -3.76. The van der Waals surface area contributed by atoms with Gasteiger partial charge in [-0.25, -0.2) is 8.42 Å². The molecule has 12 heteroatoms. The van der Waals surface area contributed by atoms with E-state index in [1.54, 1.807) is 67.8 Å². The molecule has 1 amide bonds. The number of amides is 1. The van der Waals surface area contributed by atoms with Crippen LogP contribution < -0.4 is 19.5 Å². The summed E-state index contributed by atoms with van der Waals surface area (Å²) in [5, 5.41) is 11.0. The van der Waals surface area contributed by atoms with Gasteiger partial charge in [0.1, 0.15) is 11.5 Å². The van der Waals surface area contributed by atoms with Crippen molar-refractivity contribution in [3.63, 3.8) is 0 Å². The molecule has 10 nitrogen and oxygen atoms in total. The van der Waals surface area contributed by atoms with E-state index >= 15 is 0 Å². The number of hydrogen-bond acceptors (Lipinski definition) is 9. The van der Waals surface area contributed by atoms with Crippen molar-refractivity contribution in [1.82, 2.24) is 10.2 Å². The first-order valence-electron chi connectivity index (χ1n) is 10.5. The minimum Gasteiger partial charge on any atom is -0.497 e. The van der Waals surface area contributed by atoms with E-state index in [1.165, 1.54) is 19.2 Å². The number of ether oxygens (including phenoxy) is 2. The first-order chi connectivity index (χ1) is 17.4. The van der Waals surface area contributed by atoms with Crippen LogP contribution in [0.2, 0.25) is 0 Å². The van der Waals surface area contributed by atoms with Crippen LogP contribution in [0.3, 0.4) is 0 Å². The fraction of sp³-hybridized carbons (Fsp3) is 0.125. The van der Waals surface area contributed by atoms with Crippen molar-refractivity contribution >= 4 is 39.1 Å². The lowest BCUT2D eigenvalue weighted by Gasteiger charge is -2.09. The molecule has 0 saturated carbocycles. The summed E-state index contributed by atoms with van der Waals surface area (Å²) in [5.74, 6) is 1.37. The van der Waals surface area contributed by atoms with Gasteiger partial charge in [-0.2, -0.15) is 0 Å². The van der Waals surface area contributed by atoms with E-state index in [0.717, 1.165) is 11.8 Å². The molecule has 2 N–H and O–H groups in total. The Morgan fingerprint density at radius 3 is 2.06 bits per heavy atom. The summed E-state index contributed by atoms with van der Waals surface area (Å²) >= 11 is 1.10. The lowest BCUT2D eigenvalue weighted by Crippen LogP contribution is -2.13. The van der Waals surface area contributed by atoms with Crippen LogP contribution >= 0.6 is 11.8 Å². The van der Waals surface area contributed by atoms with Crippen LogP contribution in [0.1, 0.15) is 0 Å². The second kappa shape index (κ2) is 11.1. The zero-order valence-electron chi connectivity index (χ0n) is 19.3. The second-order valence-corrected chi connectivity index (χ2v) is 9.91. The molecule has 0 atom stereocenters. The summed E-state index contributed by atoms with van der Waals surface area (Å²) in [6.45, 7) is 0. The summed E-state index contributed by atoms with van der Waals surface area (Å²) in [7, 11) is -0.677. The van der Waals surface area contributed by atoms with Crippen molar-refractivity contribution in [2.45, 2.75) is 10.1 Å². The maximum absolute atomic E-state index is 12.6. The first kappa shape index (κ1) is 25.1. The zero-order valence-corrected chi connectivity index (χ0v) is 20.9. The number of carbonyl (C=O) groups is 1. The van der Waals surface area contributed by atoms with E-state index in [1.807, 2.05) is 0 Å². The number of sulfonamides is 1. The molecule has 0 aliphatic carbocycles. The van der Waals surface area contributed by atoms with Crippen molar-refractivity contribution in [1.29, 1.82) is 0 Å². The van der Waals surface area contributed by atoms with Gasteiger partial charge in [0.05, 0.1) is 24.9 Å². The normalized spacial score (nSPS) is 11.1. The highest BCUT2D eigenvalue weighted by atomic mass is 32.2. The van der Waals surface area contributed by atoms with Crippen LogP contribution in [0.4, 0.5) is 11.4 Å². The fourth-order valence-electron chi connectivity index (χ4n) is 3.03. The quantitative estimate of drug-likeness (QED) is 0.290. The van der Waals surface area contributed by atoms with Crippen molar-refractivity contribution < 1.29 is 27.1 Å². The predicted molar refractivity (Wildman–Crippen MR) is 136 cm³/mol. The first-order valence-corrected chi connectivity index (χ1v) is 13.0. The predicted octanol–water partition coefficient (Wildman–Crippen LogP) is 4.29. The Labute approximate surface area is 212 Å². The van der Waals surface area contributed by atoms with E-state index in [0.29, 0.717) is 28.4 Å². The molecule has 0 fully saturated rings. The van der Waals surface area contributed by atoms with Gasteiger partial charge in [-0.15, -0.1) is 10.2 Å². The van der Waals surface area contributed by atoms with E-state index in [9.17, 15) is 13.2 Å². The lowest BCUT2D eigenvalue weighted by atomic mass is 10.2. The highest BCUT2D eigenvalue weighted by molar-refractivity contribution is 7.99. The molecular formula is C24H22N4O6S2. The summed E-state index contributed by atoms with van der Waals surface area (Å²) in [4.78, 5) is 12.3. The van der Waals surface area contributed by atoms with Crippen molar-refractivity contribution in [3.8, 4) is 23.0 Å². The third kappa shape index (κ3) is 6.34. The van der Waals surface area contributed by atoms with Crippen LogP contribution in [0.25, 0.3) is 11.5 Å². The third-order valence-corrected chi connectivity index (χ3v) is 7.08. The molecule has 3 aromatic carbocycles. The molecule has 4 aromatic rings. The smallest absolute Gasteiger partial charge is 0.277 e. The monoisotopic (exact) mass is 526 g/mol. The number of rotatable bonds is 10. The van der Waals surface area contributed by atoms with Crippen LogP contribution in [0.15, 0.2) is 87.3 Å². The molecule has 0 radical (unpaired) electrons. The number of anilines is 2. The molecule has 1 aromatic heterocycles. The number of benzene rings is 3. The Bertz CT molecular complexity index is 1420. The average molecular weight is 527 g/mol. The summed E-state index contributed by atoms with van der Waals surface area (Å²) in [5.41, 5.74) is 1.62. The van der Waals surface area contributed by atoms with Gasteiger partial charge in [-0.05, 0) is 72.8 Å². The third-order valence-electron chi connectivity index (χ3n) is 4.86. The molecule has 0 aliphatic rings. The molecule has 0 bridgehead atoms. The van der Waals surface area contributed by atoms with Crippen LogP contribution in [0.5, 0.6) is 11.5 Å². The maximum Gasteiger partial charge on any atom is 0.277 e. The van der Waals surface area contributed by atoms with Gasteiger partial charge >= 0.3 is 0 Å². The molecule has 36 heavy (non-hydrogen) atoms. The second-order valence-electron chi connectivity index (χ2n) is 7.30. The van der Waals surface area contributed by atoms with Crippen LogP contribution in [0, 0.1) is 0 Å². The van der Waals surface area contributed by atoms with Crippen LogP contribution in [-0.2, 0) is 14.8 Å². The van der Waals surface area contributed by atoms with Gasteiger partial charge in [-0.3, -0.25) is 9.52 Å². The van der Waals surface area contributed by atoms with Gasteiger partial charge in [0.25, 0.3) is 15.2 Å². The molecule has 0 spiro atoms. The van der Waals surface area contributed by atoms with Gasteiger partial charge in [0, 0.05) is 16.9 Å². The molecule has 0 unspecified atom stereocenters. The highest BCUT2D eigenvalue weighted by Gasteiger charge is 2.15. The van der Waals surface area contributed by atoms with E-state index in [2.05, 4.69) is 20.2 Å². The average Bonchev–Trinajstić information content (AvgIpc) is 3.37. The number of nitrogens with zero attached hydrogens (tertiary/aromatic N) is 2. The summed E-state index contributed by atoms with van der Waals surface area (Å²) in [6, 6.07) is 19.6. The number of carbonyl (C=O) groups excluding carboxylic acids is 1. The van der Waals surface area contributed by atoms with Gasteiger partial charge in [-0.1, -0.05) is 11.8 Å². The molecule has 0 aliphatic heterocycles. The number of nitrogens with one attached hydrogen (secondary N) is 2. The lowest BCUT2D eigenvalue weighted by molar-refractivity contribution is -0.113. The summed E-state index contributed by atoms with van der Waals surface area (Å²) in [6.07, 6.45) is 0. The Morgan fingerprint density at radius 2 is 1.44 bits per heavy atom. The van der Waals surface area contributed by atoms with E-state index < -0.39 is 10.0 Å². The van der Waals surface area contributed by atoms with Crippen molar-refractivity contribution in [3.05, 3.63) is 72.8 Å². The number of methoxy groups -OCH3 is 2. The largest absolute Gasteiger partial charge is 0.497 e. The van der Waals surface area contributed by atoms with E-state index in [4.69, 9.17) is 13.9 Å². The van der Waals surface area contributed by atoms with Crippen molar-refractivity contribution in [2.24, 2.45) is 0 Å². The van der Waals surface area contributed by atoms with Crippen molar-refractivity contribution in [2.75, 3.05) is 30.0 Å².